The van der Waals surface area contributed by atoms with Gasteiger partial charge in [-0.2, -0.15) is 0 Å². The molecule has 0 aliphatic heterocycles. The molecule has 3 unspecified atom stereocenters. The Hall–Kier alpha value is -3.21. The number of aromatic nitrogens is 4. The van der Waals surface area contributed by atoms with E-state index in [4.69, 9.17) is 19.7 Å². The molecule has 3 atom stereocenters. The summed E-state index contributed by atoms with van der Waals surface area (Å²) in [6.07, 6.45) is 1.84. The fraction of sp³-hybridized carbons (Fsp3) is 0.429. The summed E-state index contributed by atoms with van der Waals surface area (Å²) in [4.78, 5) is 24.6. The molecule has 4 N–H and O–H groups in total. The molecule has 13 heteroatoms. The van der Waals surface area contributed by atoms with Gasteiger partial charge in [0, 0.05) is 0 Å². The number of nitrogens with zero attached hydrogens (tertiary/aromatic N) is 4. The largest absolute Gasteiger partial charge is 0.508 e. The van der Waals surface area contributed by atoms with E-state index in [1.54, 1.807) is 31.7 Å². The molecule has 0 fully saturated rings. The molecule has 0 saturated heterocycles. The smallest absolute Gasteiger partial charge is 0.342 e. The van der Waals surface area contributed by atoms with Crippen LogP contribution in [0.15, 0.2) is 36.9 Å². The van der Waals surface area contributed by atoms with Gasteiger partial charge in [-0.25, -0.2) is 20.0 Å². The average Bonchev–Trinajstić information content (AvgIpc) is 3.17. The molecule has 34 heavy (non-hydrogen) atoms. The van der Waals surface area contributed by atoms with Gasteiger partial charge in [0.2, 0.25) is 0 Å². The van der Waals surface area contributed by atoms with Crippen LogP contribution in [0.1, 0.15) is 27.7 Å². The van der Waals surface area contributed by atoms with E-state index < -0.39 is 25.6 Å². The van der Waals surface area contributed by atoms with Crippen LogP contribution in [0.4, 0.5) is 5.82 Å². The number of benzene rings is 1. The Labute approximate surface area is 197 Å². The quantitative estimate of drug-likeness (QED) is 0.266. The van der Waals surface area contributed by atoms with Crippen LogP contribution >= 0.6 is 7.52 Å². The lowest BCUT2D eigenvalue weighted by Gasteiger charge is -2.25. The van der Waals surface area contributed by atoms with Gasteiger partial charge in [-0.15, -0.1) is 0 Å². The van der Waals surface area contributed by atoms with Crippen molar-refractivity contribution in [3.05, 3.63) is 36.9 Å². The first-order valence-corrected chi connectivity index (χ1v) is 12.5. The second-order valence-corrected chi connectivity index (χ2v) is 10.1. The first-order chi connectivity index (χ1) is 16.1. The highest BCUT2D eigenvalue weighted by Crippen LogP contribution is 2.44. The Balaban J connectivity index is 1.71. The second-order valence-electron chi connectivity index (χ2n) is 8.03. The van der Waals surface area contributed by atoms with Gasteiger partial charge in [0.25, 0.3) is 0 Å². The van der Waals surface area contributed by atoms with Gasteiger partial charge in [-0.3, -0.25) is 9.36 Å². The minimum atomic E-state index is -3.73. The van der Waals surface area contributed by atoms with Crippen molar-refractivity contribution in [1.29, 1.82) is 0 Å². The number of anilines is 1. The highest BCUT2D eigenvalue weighted by Gasteiger charge is 2.32. The van der Waals surface area contributed by atoms with Crippen LogP contribution in [-0.4, -0.2) is 55.2 Å². The number of carbonyl (C=O) groups excluding carboxylic acids is 1. The van der Waals surface area contributed by atoms with E-state index >= 15 is 0 Å². The second kappa shape index (κ2) is 10.8. The summed E-state index contributed by atoms with van der Waals surface area (Å²) in [5, 5.41) is 12.2. The molecule has 0 aliphatic carbocycles. The van der Waals surface area contributed by atoms with Crippen LogP contribution in [-0.2, 0) is 25.4 Å². The summed E-state index contributed by atoms with van der Waals surface area (Å²) >= 11 is 0. The molecule has 184 valence electrons. The van der Waals surface area contributed by atoms with Gasteiger partial charge in [0.05, 0.1) is 25.1 Å². The lowest BCUT2D eigenvalue weighted by Crippen LogP contribution is -2.37. The predicted molar refractivity (Wildman–Crippen MR) is 125 cm³/mol. The highest BCUT2D eigenvalue weighted by molar-refractivity contribution is 7.57. The highest BCUT2D eigenvalue weighted by atomic mass is 31.2. The van der Waals surface area contributed by atoms with E-state index in [2.05, 4.69) is 20.0 Å². The fourth-order valence-electron chi connectivity index (χ4n) is 3.04. The molecule has 3 rings (SSSR count). The number of fused-ring (bicyclic) bond motifs is 1. The summed E-state index contributed by atoms with van der Waals surface area (Å²) in [7, 11) is -3.73. The zero-order chi connectivity index (χ0) is 24.9. The van der Waals surface area contributed by atoms with Crippen LogP contribution in [0.3, 0.4) is 0 Å². The number of imidazole rings is 1. The lowest BCUT2D eigenvalue weighted by atomic mass is 10.3. The monoisotopic (exact) mass is 492 g/mol. The minimum Gasteiger partial charge on any atom is -0.508 e. The Morgan fingerprint density at radius 3 is 2.56 bits per heavy atom. The summed E-state index contributed by atoms with van der Waals surface area (Å²) in [5.74, 6) is -0.0247. The molecule has 3 aromatic rings. The summed E-state index contributed by atoms with van der Waals surface area (Å²) in [6, 6.07) is 4.81. The van der Waals surface area contributed by atoms with Crippen LogP contribution in [0.25, 0.3) is 11.2 Å². The van der Waals surface area contributed by atoms with Crippen molar-refractivity contribution in [3.8, 4) is 11.5 Å². The fourth-order valence-corrected chi connectivity index (χ4v) is 4.83. The molecule has 1 aromatic carbocycles. The number of aromatic hydroxyl groups is 1. The normalized spacial score (nSPS) is 15.1. The molecule has 0 aliphatic rings. The van der Waals surface area contributed by atoms with Crippen molar-refractivity contribution < 1.29 is 28.5 Å². The topological polar surface area (TPSA) is 164 Å². The molecule has 0 spiro atoms. The molecule has 0 radical (unpaired) electrons. The molecule has 12 nitrogen and oxygen atoms in total. The van der Waals surface area contributed by atoms with Gasteiger partial charge < -0.3 is 29.4 Å². The number of hydrogen-bond donors (Lipinski definition) is 3. The number of carbonyl (C=O) groups is 1. The molecule has 0 saturated carbocycles. The Kier molecular flexibility index (Phi) is 8.08. The molecule has 0 bridgehead atoms. The number of ether oxygens (including phenoxy) is 2. The van der Waals surface area contributed by atoms with Crippen molar-refractivity contribution >= 4 is 30.5 Å². The van der Waals surface area contributed by atoms with Crippen molar-refractivity contribution in [2.45, 2.75) is 52.5 Å². The van der Waals surface area contributed by atoms with E-state index in [1.165, 1.54) is 37.5 Å². The van der Waals surface area contributed by atoms with E-state index in [9.17, 15) is 14.5 Å². The van der Waals surface area contributed by atoms with E-state index in [-0.39, 0.29) is 29.8 Å². The number of nitrogens with two attached hydrogens (primary N) is 1. The Bertz CT molecular complexity index is 1170. The van der Waals surface area contributed by atoms with Gasteiger partial charge >= 0.3 is 13.5 Å². The zero-order valence-corrected chi connectivity index (χ0v) is 20.3. The van der Waals surface area contributed by atoms with E-state index in [1.807, 2.05) is 0 Å². The maximum atomic E-state index is 13.6. The number of phenolic OH excluding ortho intramolecular Hbond substituents is 1. The van der Waals surface area contributed by atoms with Crippen LogP contribution in [0.5, 0.6) is 11.5 Å². The molecule has 0 amide bonds. The van der Waals surface area contributed by atoms with Crippen molar-refractivity contribution in [2.24, 2.45) is 0 Å². The molecular formula is C21H29N6O6P. The summed E-state index contributed by atoms with van der Waals surface area (Å²) in [5.41, 5.74) is 6.86. The first kappa shape index (κ1) is 25.4. The van der Waals surface area contributed by atoms with Crippen LogP contribution in [0, 0.1) is 0 Å². The summed E-state index contributed by atoms with van der Waals surface area (Å²) in [6.45, 7) is 7.11. The van der Waals surface area contributed by atoms with E-state index in [0.717, 1.165) is 0 Å². The molecular weight excluding hydrogens is 463 g/mol. The molecule has 2 aromatic heterocycles. The van der Waals surface area contributed by atoms with Crippen LogP contribution < -0.4 is 15.3 Å². The third kappa shape index (κ3) is 6.66. The summed E-state index contributed by atoms with van der Waals surface area (Å²) < 4.78 is 32.1. The van der Waals surface area contributed by atoms with Crippen molar-refractivity contribution in [2.75, 3.05) is 12.1 Å². The standard InChI is InChI=1S/C21H29N6O6P/c1-13(2)32-21(29)15(4)26-34(30,33-17-7-5-16(28)6-8-17)12-31-14(3)9-27-11-25-18-19(22)23-10-24-20(18)27/h5-8,10-11,13-15,28H,9,12H2,1-4H3,(H,26,30)(H2,22,23,24). The maximum absolute atomic E-state index is 13.6. The first-order valence-electron chi connectivity index (χ1n) is 10.6. The lowest BCUT2D eigenvalue weighted by molar-refractivity contribution is -0.149. The Morgan fingerprint density at radius 2 is 1.88 bits per heavy atom. The maximum Gasteiger partial charge on any atom is 0.342 e. The number of esters is 1. The zero-order valence-electron chi connectivity index (χ0n) is 19.4. The number of rotatable bonds is 11. The minimum absolute atomic E-state index is 0.0332. The van der Waals surface area contributed by atoms with Crippen molar-refractivity contribution in [1.82, 2.24) is 24.6 Å². The SMILES string of the molecule is CC(C)OC(=O)C(C)NP(=O)(COC(C)Cn1cnc2c(N)ncnc21)Oc1ccc(O)cc1. The number of nitrogen functional groups attached to an aromatic ring is 1. The Morgan fingerprint density at radius 1 is 1.18 bits per heavy atom. The predicted octanol–water partition coefficient (Wildman–Crippen LogP) is 2.68. The van der Waals surface area contributed by atoms with E-state index in [0.29, 0.717) is 17.7 Å². The number of nitrogens with one attached hydrogen (secondary N) is 1. The van der Waals surface area contributed by atoms with Crippen molar-refractivity contribution in [3.63, 3.8) is 0 Å². The van der Waals surface area contributed by atoms with Gasteiger partial charge in [0.1, 0.15) is 35.7 Å². The van der Waals surface area contributed by atoms with Gasteiger partial charge in [0.15, 0.2) is 11.5 Å². The number of phenols is 1. The van der Waals surface area contributed by atoms with Crippen LogP contribution in [0.2, 0.25) is 0 Å². The van der Waals surface area contributed by atoms with Gasteiger partial charge in [-0.1, -0.05) is 0 Å². The number of hydrogen-bond acceptors (Lipinski definition) is 10. The third-order valence-electron chi connectivity index (χ3n) is 4.60. The average molecular weight is 492 g/mol. The molecule has 2 heterocycles. The third-order valence-corrected chi connectivity index (χ3v) is 6.37. The van der Waals surface area contributed by atoms with Gasteiger partial charge in [-0.05, 0) is 52.0 Å².